The number of amides is 1. The molecule has 2 aromatic carbocycles. The fraction of sp³-hybridized carbons (Fsp3) is 0.533. The molecule has 2 aromatic rings. The highest BCUT2D eigenvalue weighted by Gasteiger charge is 2.44. The van der Waals surface area contributed by atoms with Crippen LogP contribution in [0.25, 0.3) is 11.1 Å². The third-order valence-corrected chi connectivity index (χ3v) is 7.48. The van der Waals surface area contributed by atoms with Gasteiger partial charge in [0.05, 0.1) is 31.8 Å². The molecule has 0 saturated carbocycles. The summed E-state index contributed by atoms with van der Waals surface area (Å²) in [4.78, 5) is 28.7. The van der Waals surface area contributed by atoms with Crippen LogP contribution < -0.4 is 9.47 Å². The highest BCUT2D eigenvalue weighted by Crippen LogP contribution is 2.43. The maximum atomic E-state index is 13.6. The summed E-state index contributed by atoms with van der Waals surface area (Å²) >= 11 is 0. The maximum absolute atomic E-state index is 13.6. The third kappa shape index (κ3) is 6.65. The van der Waals surface area contributed by atoms with Crippen LogP contribution in [0.15, 0.2) is 36.4 Å². The van der Waals surface area contributed by atoms with Crippen molar-refractivity contribution in [3.63, 3.8) is 0 Å². The molecule has 7 nitrogen and oxygen atoms in total. The summed E-state index contributed by atoms with van der Waals surface area (Å²) in [6, 6.07) is 10.5. The number of carbonyl (C=O) groups excluding carboxylic acids is 2. The molecule has 2 fully saturated rings. The smallest absolute Gasteiger partial charge is 0.307 e. The minimum absolute atomic E-state index is 0.0123. The number of hydrogen-bond acceptors (Lipinski definition) is 6. The molecule has 1 spiro atoms. The van der Waals surface area contributed by atoms with Crippen LogP contribution in [0.1, 0.15) is 52.0 Å². The molecule has 0 aliphatic carbocycles. The van der Waals surface area contributed by atoms with E-state index >= 15 is 0 Å². The van der Waals surface area contributed by atoms with Crippen LogP contribution in [-0.4, -0.2) is 67.7 Å². The zero-order chi connectivity index (χ0) is 27.1. The molecule has 2 saturated heterocycles. The van der Waals surface area contributed by atoms with Crippen molar-refractivity contribution in [2.45, 2.75) is 53.0 Å². The van der Waals surface area contributed by atoms with Gasteiger partial charge in [-0.25, -0.2) is 4.39 Å². The second-order valence-electron chi connectivity index (χ2n) is 10.2. The van der Waals surface area contributed by atoms with Gasteiger partial charge in [-0.05, 0) is 87.5 Å². The van der Waals surface area contributed by atoms with Gasteiger partial charge in [0.1, 0.15) is 17.3 Å². The summed E-state index contributed by atoms with van der Waals surface area (Å²) < 4.78 is 30.6. The lowest BCUT2D eigenvalue weighted by atomic mass is 9.77. The van der Waals surface area contributed by atoms with Crippen LogP contribution in [0.2, 0.25) is 0 Å². The molecule has 1 amide bonds. The minimum atomic E-state index is -0.282. The number of esters is 1. The average molecular weight is 527 g/mol. The van der Waals surface area contributed by atoms with Crippen molar-refractivity contribution < 1.29 is 28.2 Å². The van der Waals surface area contributed by atoms with E-state index in [0.29, 0.717) is 39.3 Å². The van der Waals surface area contributed by atoms with Crippen molar-refractivity contribution in [2.24, 2.45) is 5.41 Å². The summed E-state index contributed by atoms with van der Waals surface area (Å²) in [6.45, 7) is 10.8. The number of nitrogens with zero attached hydrogens (tertiary/aromatic N) is 2. The van der Waals surface area contributed by atoms with E-state index in [2.05, 4.69) is 17.0 Å². The zero-order valence-electron chi connectivity index (χ0n) is 22.8. The van der Waals surface area contributed by atoms with Crippen molar-refractivity contribution in [1.29, 1.82) is 0 Å². The van der Waals surface area contributed by atoms with E-state index < -0.39 is 0 Å². The van der Waals surface area contributed by atoms with Gasteiger partial charge in [0.2, 0.25) is 5.91 Å². The molecule has 8 heteroatoms. The van der Waals surface area contributed by atoms with E-state index in [-0.39, 0.29) is 29.5 Å². The molecule has 38 heavy (non-hydrogen) atoms. The predicted octanol–water partition coefficient (Wildman–Crippen LogP) is 5.06. The van der Waals surface area contributed by atoms with E-state index in [1.165, 1.54) is 12.1 Å². The van der Waals surface area contributed by atoms with E-state index in [1.807, 2.05) is 18.7 Å². The van der Waals surface area contributed by atoms with Crippen LogP contribution in [0, 0.1) is 11.2 Å². The van der Waals surface area contributed by atoms with Gasteiger partial charge >= 0.3 is 5.97 Å². The molecule has 2 heterocycles. The second-order valence-corrected chi connectivity index (χ2v) is 10.2. The Labute approximate surface area is 224 Å². The lowest BCUT2D eigenvalue weighted by Crippen LogP contribution is -2.41. The summed E-state index contributed by atoms with van der Waals surface area (Å²) in [6.07, 6.45) is 2.69. The highest BCUT2D eigenvalue weighted by atomic mass is 19.1. The Morgan fingerprint density at radius 2 is 1.61 bits per heavy atom. The Kier molecular flexibility index (Phi) is 9.26. The van der Waals surface area contributed by atoms with E-state index in [4.69, 9.17) is 14.2 Å². The number of hydrogen-bond donors (Lipinski definition) is 0. The van der Waals surface area contributed by atoms with Crippen molar-refractivity contribution in [3.8, 4) is 22.6 Å². The van der Waals surface area contributed by atoms with Gasteiger partial charge in [-0.2, -0.15) is 0 Å². The molecule has 0 bridgehead atoms. The van der Waals surface area contributed by atoms with Crippen LogP contribution >= 0.6 is 0 Å². The molecule has 0 N–H and O–H groups in total. The van der Waals surface area contributed by atoms with Crippen LogP contribution in [0.4, 0.5) is 4.39 Å². The molecule has 2 aliphatic heterocycles. The summed E-state index contributed by atoms with van der Waals surface area (Å²) in [5, 5.41) is 0. The lowest BCUT2D eigenvalue weighted by Gasteiger charge is -2.39. The molecule has 0 radical (unpaired) electrons. The number of ether oxygens (including phenoxy) is 3. The first-order valence-electron chi connectivity index (χ1n) is 13.7. The van der Waals surface area contributed by atoms with Crippen LogP contribution in [0.5, 0.6) is 11.5 Å². The van der Waals surface area contributed by atoms with Crippen molar-refractivity contribution >= 4 is 11.9 Å². The third-order valence-electron chi connectivity index (χ3n) is 7.48. The molecule has 0 aromatic heterocycles. The predicted molar refractivity (Wildman–Crippen MR) is 144 cm³/mol. The first kappa shape index (κ1) is 27.9. The normalized spacial score (nSPS) is 17.2. The summed E-state index contributed by atoms with van der Waals surface area (Å²) in [7, 11) is 0. The van der Waals surface area contributed by atoms with Crippen molar-refractivity contribution in [1.82, 2.24) is 9.80 Å². The van der Waals surface area contributed by atoms with Gasteiger partial charge in [-0.15, -0.1) is 0 Å². The lowest BCUT2D eigenvalue weighted by molar-refractivity contribution is -0.143. The fourth-order valence-corrected chi connectivity index (χ4v) is 5.60. The number of carbonyl (C=O) groups is 2. The number of halogens is 1. The number of rotatable bonds is 11. The van der Waals surface area contributed by atoms with Crippen LogP contribution in [-0.2, 0) is 20.9 Å². The molecule has 2 aliphatic rings. The maximum Gasteiger partial charge on any atom is 0.307 e. The molecule has 0 unspecified atom stereocenters. The second kappa shape index (κ2) is 12.6. The largest absolute Gasteiger partial charge is 0.493 e. The minimum Gasteiger partial charge on any atom is -0.493 e. The van der Waals surface area contributed by atoms with E-state index in [9.17, 15) is 14.0 Å². The molecule has 4 rings (SSSR count). The number of benzene rings is 2. The Morgan fingerprint density at radius 1 is 0.974 bits per heavy atom. The van der Waals surface area contributed by atoms with Gasteiger partial charge in [-0.1, -0.05) is 12.1 Å². The fourth-order valence-electron chi connectivity index (χ4n) is 5.60. The van der Waals surface area contributed by atoms with Gasteiger partial charge in [-0.3, -0.25) is 14.5 Å². The van der Waals surface area contributed by atoms with Gasteiger partial charge in [0, 0.05) is 26.1 Å². The Hall–Kier alpha value is -3.13. The Morgan fingerprint density at radius 3 is 2.18 bits per heavy atom. The Balaban J connectivity index is 1.43. The number of piperidine rings is 1. The van der Waals surface area contributed by atoms with Gasteiger partial charge in [0.15, 0.2) is 0 Å². The van der Waals surface area contributed by atoms with E-state index in [1.54, 1.807) is 19.1 Å². The van der Waals surface area contributed by atoms with Crippen LogP contribution in [0.3, 0.4) is 0 Å². The number of likely N-dealkylation sites (tertiary alicyclic amines) is 2. The first-order chi connectivity index (χ1) is 18.4. The highest BCUT2D eigenvalue weighted by molar-refractivity contribution is 5.80. The topological polar surface area (TPSA) is 68.3 Å². The summed E-state index contributed by atoms with van der Waals surface area (Å²) in [5.41, 5.74) is 2.77. The zero-order valence-corrected chi connectivity index (χ0v) is 22.8. The van der Waals surface area contributed by atoms with Gasteiger partial charge in [0.25, 0.3) is 0 Å². The SMILES string of the molecule is CCOC(=O)CCN1CC2(CCN(Cc3cc(OCC)c(-c4ccc(F)cc4)c(OCC)c3)CC2)CC1=O. The quantitative estimate of drug-likeness (QED) is 0.382. The molecule has 206 valence electrons. The van der Waals surface area contributed by atoms with Gasteiger partial charge < -0.3 is 19.1 Å². The first-order valence-corrected chi connectivity index (χ1v) is 13.7. The van der Waals surface area contributed by atoms with E-state index in [0.717, 1.165) is 60.7 Å². The monoisotopic (exact) mass is 526 g/mol. The summed E-state index contributed by atoms with van der Waals surface area (Å²) in [5.74, 6) is 1.07. The molecular weight excluding hydrogens is 487 g/mol. The Bertz CT molecular complexity index is 1090. The molecule has 0 atom stereocenters. The standard InChI is InChI=1S/C30H39FN2O5/c1-4-36-25-17-22(18-26(37-5-2)29(25)23-7-9-24(31)10-8-23)20-32-15-12-30(13-16-32)19-27(34)33(21-30)14-11-28(35)38-6-3/h7-10,17-18H,4-6,11-16,19-21H2,1-3H3. The average Bonchev–Trinajstić information content (AvgIpc) is 3.20. The van der Waals surface area contributed by atoms with Crippen molar-refractivity contribution in [3.05, 3.63) is 47.8 Å². The van der Waals surface area contributed by atoms with Crippen molar-refractivity contribution in [2.75, 3.05) is 46.0 Å². The molecular formula is C30H39FN2O5.